The van der Waals surface area contributed by atoms with Crippen molar-refractivity contribution in [1.29, 1.82) is 0 Å². The van der Waals surface area contributed by atoms with Crippen LogP contribution < -0.4 is 5.32 Å². The molecule has 1 saturated carbocycles. The van der Waals surface area contributed by atoms with Crippen LogP contribution in [-0.4, -0.2) is 11.5 Å². The molecule has 1 N–H and O–H groups in total. The molecule has 0 aliphatic heterocycles. The van der Waals surface area contributed by atoms with E-state index in [1.165, 1.54) is 36.8 Å². The molecular weight excluding hydrogens is 372 g/mol. The van der Waals surface area contributed by atoms with E-state index in [1.807, 2.05) is 12.1 Å². The first-order valence-electron chi connectivity index (χ1n) is 11.4. The van der Waals surface area contributed by atoms with Crippen LogP contribution in [0, 0.1) is 21.4 Å². The average molecular weight is 407 g/mol. The predicted octanol–water partition coefficient (Wildman–Crippen LogP) is 6.84. The van der Waals surface area contributed by atoms with Crippen molar-refractivity contribution in [3.63, 3.8) is 0 Å². The summed E-state index contributed by atoms with van der Waals surface area (Å²) in [6, 6.07) is 14.2. The van der Waals surface area contributed by atoms with Crippen LogP contribution in [0.3, 0.4) is 0 Å². The van der Waals surface area contributed by atoms with Crippen LogP contribution in [0.2, 0.25) is 0 Å². The van der Waals surface area contributed by atoms with E-state index in [4.69, 9.17) is 0 Å². The molecule has 4 nitrogen and oxygen atoms in total. The summed E-state index contributed by atoms with van der Waals surface area (Å²) in [6.07, 6.45) is 5.93. The van der Waals surface area contributed by atoms with E-state index >= 15 is 0 Å². The van der Waals surface area contributed by atoms with E-state index in [-0.39, 0.29) is 21.4 Å². The summed E-state index contributed by atoms with van der Waals surface area (Å²) in [5, 5.41) is 14.9. The predicted molar refractivity (Wildman–Crippen MR) is 123 cm³/mol. The van der Waals surface area contributed by atoms with Crippen LogP contribution in [0.5, 0.6) is 0 Å². The molecule has 0 aromatic heterocycles. The number of hydrogen-bond acceptors (Lipinski definition) is 3. The van der Waals surface area contributed by atoms with Crippen molar-refractivity contribution in [2.75, 3.05) is 11.9 Å². The highest BCUT2D eigenvalue weighted by atomic mass is 16.6. The Labute approximate surface area is 180 Å². The molecule has 0 saturated heterocycles. The first-order chi connectivity index (χ1) is 14.2. The van der Waals surface area contributed by atoms with Gasteiger partial charge in [0, 0.05) is 12.6 Å². The molecule has 2 aliphatic carbocycles. The van der Waals surface area contributed by atoms with E-state index in [1.54, 1.807) is 17.7 Å². The molecule has 4 rings (SSSR count). The molecule has 160 valence electrons. The summed E-state index contributed by atoms with van der Waals surface area (Å²) < 4.78 is 0. The number of hydrogen-bond donors (Lipinski definition) is 1. The third-order valence-electron chi connectivity index (χ3n) is 7.95. The van der Waals surface area contributed by atoms with Crippen molar-refractivity contribution in [2.45, 2.75) is 71.1 Å². The lowest BCUT2D eigenvalue weighted by Gasteiger charge is -2.55. The molecule has 4 heteroatoms. The van der Waals surface area contributed by atoms with Gasteiger partial charge in [-0.2, -0.15) is 0 Å². The molecule has 3 atom stereocenters. The van der Waals surface area contributed by atoms with E-state index in [0.717, 1.165) is 13.0 Å². The van der Waals surface area contributed by atoms with Crippen LogP contribution in [0.1, 0.15) is 76.0 Å². The normalized spacial score (nSPS) is 28.0. The smallest absolute Gasteiger partial charge is 0.292 e. The second-order valence-electron chi connectivity index (χ2n) is 10.2. The number of para-hydroxylation sites is 2. The van der Waals surface area contributed by atoms with Crippen molar-refractivity contribution in [3.8, 4) is 0 Å². The van der Waals surface area contributed by atoms with E-state index in [0.29, 0.717) is 17.5 Å². The summed E-state index contributed by atoms with van der Waals surface area (Å²) in [4.78, 5) is 11.1. The number of nitro groups is 1. The fraction of sp³-hybridized carbons (Fsp3) is 0.538. The third kappa shape index (κ3) is 3.51. The Morgan fingerprint density at radius 3 is 2.67 bits per heavy atom. The maximum absolute atomic E-state index is 11.4. The van der Waals surface area contributed by atoms with Gasteiger partial charge in [-0.3, -0.25) is 10.1 Å². The summed E-state index contributed by atoms with van der Waals surface area (Å²) in [6.45, 7) is 10.2. The summed E-state index contributed by atoms with van der Waals surface area (Å²) in [7, 11) is 0. The van der Waals surface area contributed by atoms with Crippen LogP contribution in [0.4, 0.5) is 11.4 Å². The van der Waals surface area contributed by atoms with Gasteiger partial charge in [-0.05, 0) is 71.1 Å². The first kappa shape index (κ1) is 20.9. The summed E-state index contributed by atoms with van der Waals surface area (Å²) in [5.74, 6) is 1.13. The zero-order valence-electron chi connectivity index (χ0n) is 18.7. The van der Waals surface area contributed by atoms with Crippen LogP contribution >= 0.6 is 0 Å². The number of anilines is 1. The van der Waals surface area contributed by atoms with Crippen LogP contribution in [-0.2, 0) is 11.8 Å². The Bertz CT molecular complexity index is 954. The lowest BCUT2D eigenvalue weighted by atomic mass is 9.49. The number of fused-ring (bicyclic) bond motifs is 3. The molecule has 0 spiro atoms. The molecule has 0 heterocycles. The van der Waals surface area contributed by atoms with Gasteiger partial charge in [0.1, 0.15) is 5.69 Å². The third-order valence-corrected chi connectivity index (χ3v) is 7.95. The number of nitro benzene ring substituents is 1. The molecule has 1 fully saturated rings. The fourth-order valence-corrected chi connectivity index (χ4v) is 6.29. The molecule has 2 aromatic carbocycles. The lowest BCUT2D eigenvalue weighted by molar-refractivity contribution is -0.384. The monoisotopic (exact) mass is 406 g/mol. The Morgan fingerprint density at radius 1 is 1.17 bits per heavy atom. The quantitative estimate of drug-likeness (QED) is 0.437. The zero-order valence-corrected chi connectivity index (χ0v) is 18.7. The van der Waals surface area contributed by atoms with Crippen LogP contribution in [0.15, 0.2) is 42.5 Å². The summed E-state index contributed by atoms with van der Waals surface area (Å²) in [5.41, 5.74) is 5.61. The minimum absolute atomic E-state index is 0.116. The van der Waals surface area contributed by atoms with Crippen molar-refractivity contribution < 1.29 is 4.92 Å². The lowest BCUT2D eigenvalue weighted by Crippen LogP contribution is -2.51. The highest BCUT2D eigenvalue weighted by Crippen LogP contribution is 2.57. The minimum Gasteiger partial charge on any atom is -0.379 e. The van der Waals surface area contributed by atoms with Gasteiger partial charge in [-0.25, -0.2) is 0 Å². The molecule has 2 aromatic rings. The van der Waals surface area contributed by atoms with Crippen molar-refractivity contribution in [3.05, 3.63) is 69.3 Å². The Kier molecular flexibility index (Phi) is 5.37. The first-order valence-corrected chi connectivity index (χ1v) is 11.4. The largest absolute Gasteiger partial charge is 0.379 e. The molecule has 0 unspecified atom stereocenters. The number of aryl methyl sites for hydroxylation is 1. The van der Waals surface area contributed by atoms with Gasteiger partial charge >= 0.3 is 0 Å². The molecule has 0 radical (unpaired) electrons. The highest BCUT2D eigenvalue weighted by molar-refractivity contribution is 5.61. The number of nitrogens with one attached hydrogen (secondary N) is 1. The maximum atomic E-state index is 11.4. The van der Waals surface area contributed by atoms with Gasteiger partial charge < -0.3 is 5.32 Å². The second-order valence-corrected chi connectivity index (χ2v) is 10.2. The van der Waals surface area contributed by atoms with Crippen molar-refractivity contribution in [1.82, 2.24) is 0 Å². The molecule has 2 aliphatic rings. The molecule has 30 heavy (non-hydrogen) atoms. The topological polar surface area (TPSA) is 55.2 Å². The van der Waals surface area contributed by atoms with E-state index in [2.05, 4.69) is 51.2 Å². The number of benzene rings is 2. The van der Waals surface area contributed by atoms with Gasteiger partial charge in [0.15, 0.2) is 0 Å². The van der Waals surface area contributed by atoms with Crippen molar-refractivity contribution in [2.24, 2.45) is 11.3 Å². The SMILES string of the molecule is CC(C)c1ccc2c(c1)CC[C@H]1[C@@](C)(CNc3ccccc3[N+](=O)[O-])CCC[C@]21C. The average Bonchev–Trinajstić information content (AvgIpc) is 2.72. The molecule has 0 bridgehead atoms. The Hall–Kier alpha value is -2.36. The Morgan fingerprint density at radius 2 is 1.93 bits per heavy atom. The highest BCUT2D eigenvalue weighted by Gasteiger charge is 2.51. The Balaban J connectivity index is 1.62. The van der Waals surface area contributed by atoms with E-state index < -0.39 is 0 Å². The van der Waals surface area contributed by atoms with Gasteiger partial charge in [0.05, 0.1) is 4.92 Å². The molecule has 0 amide bonds. The second kappa shape index (κ2) is 7.72. The fourth-order valence-electron chi connectivity index (χ4n) is 6.29. The number of rotatable bonds is 5. The van der Waals surface area contributed by atoms with Gasteiger partial charge in [-0.15, -0.1) is 0 Å². The van der Waals surface area contributed by atoms with Crippen LogP contribution in [0.25, 0.3) is 0 Å². The molecular formula is C26H34N2O2. The van der Waals surface area contributed by atoms with Gasteiger partial charge in [-0.1, -0.05) is 64.4 Å². The summed E-state index contributed by atoms with van der Waals surface area (Å²) >= 11 is 0. The standard InChI is InChI=1S/C26H34N2O2/c1-18(2)19-10-12-21-20(16-19)11-13-24-25(3,14-7-15-26(21,24)4)17-27-22-8-5-6-9-23(22)28(29)30/h5-6,8-10,12,16,18,24,27H,7,11,13-15,17H2,1-4H3/t24-,25+,26+/m0/s1. The van der Waals surface area contributed by atoms with E-state index in [9.17, 15) is 10.1 Å². The van der Waals surface area contributed by atoms with Crippen molar-refractivity contribution >= 4 is 11.4 Å². The van der Waals surface area contributed by atoms with Gasteiger partial charge in [0.2, 0.25) is 0 Å². The minimum atomic E-state index is -0.293. The maximum Gasteiger partial charge on any atom is 0.292 e. The van der Waals surface area contributed by atoms with Gasteiger partial charge in [0.25, 0.3) is 5.69 Å². The number of nitrogens with zero attached hydrogens (tertiary/aromatic N) is 1. The zero-order chi connectivity index (χ0) is 21.5.